The number of sulfonamides is 1. The molecular weight excluding hydrogens is 630 g/mol. The van der Waals surface area contributed by atoms with Crippen LogP contribution in [0.5, 0.6) is 23.0 Å². The number of nitrogens with one attached hydrogen (secondary N) is 1. The molecule has 0 fully saturated rings. The zero-order chi connectivity index (χ0) is 31.0. The molecule has 11 nitrogen and oxygen atoms in total. The molecule has 0 saturated heterocycles. The lowest BCUT2D eigenvalue weighted by Crippen LogP contribution is -2.50. The Morgan fingerprint density at radius 1 is 0.881 bits per heavy atom. The van der Waals surface area contributed by atoms with Gasteiger partial charge in [-0.25, -0.2) is 8.42 Å². The Morgan fingerprint density at radius 3 is 2.14 bits per heavy atom. The second-order valence-corrected chi connectivity index (χ2v) is 11.8. The predicted molar refractivity (Wildman–Crippen MR) is 162 cm³/mol. The lowest BCUT2D eigenvalue weighted by molar-refractivity contribution is -0.139. The summed E-state index contributed by atoms with van der Waals surface area (Å²) < 4.78 is 51.7. The van der Waals surface area contributed by atoms with Crippen molar-refractivity contribution < 1.29 is 37.0 Å². The zero-order valence-electron chi connectivity index (χ0n) is 24.2. The average Bonchev–Trinajstić information content (AvgIpc) is 3.00. The second kappa shape index (κ2) is 14.3. The van der Waals surface area contributed by atoms with Crippen molar-refractivity contribution in [3.05, 3.63) is 70.7 Å². The van der Waals surface area contributed by atoms with Gasteiger partial charge in [0.2, 0.25) is 11.8 Å². The van der Waals surface area contributed by atoms with Crippen LogP contribution in [-0.4, -0.2) is 73.2 Å². The normalized spacial score (nSPS) is 11.7. The second-order valence-electron chi connectivity index (χ2n) is 9.01. The molecule has 1 atom stereocenters. The van der Waals surface area contributed by atoms with Crippen LogP contribution in [-0.2, 0) is 26.2 Å². The van der Waals surface area contributed by atoms with Gasteiger partial charge in [0.15, 0.2) is 11.5 Å². The van der Waals surface area contributed by atoms with Gasteiger partial charge in [0.1, 0.15) is 24.1 Å². The number of amides is 2. The van der Waals surface area contributed by atoms with Crippen molar-refractivity contribution in [3.8, 4) is 23.0 Å². The maximum Gasteiger partial charge on any atom is 0.265 e. The molecule has 0 aromatic heterocycles. The molecule has 0 spiro atoms. The van der Waals surface area contributed by atoms with Crippen LogP contribution in [0.15, 0.2) is 70.0 Å². The van der Waals surface area contributed by atoms with E-state index in [1.807, 2.05) is 24.3 Å². The minimum Gasteiger partial charge on any atom is -0.497 e. The molecule has 3 rings (SSSR count). The van der Waals surface area contributed by atoms with Crippen LogP contribution in [0.2, 0.25) is 0 Å². The molecule has 0 heterocycles. The van der Waals surface area contributed by atoms with Crippen LogP contribution in [0.1, 0.15) is 12.5 Å². The molecule has 42 heavy (non-hydrogen) atoms. The Balaban J connectivity index is 2.18. The summed E-state index contributed by atoms with van der Waals surface area (Å²) in [5.41, 5.74) is 0.803. The van der Waals surface area contributed by atoms with Gasteiger partial charge in [0, 0.05) is 30.2 Å². The molecule has 3 aromatic carbocycles. The first-order valence-corrected chi connectivity index (χ1v) is 15.0. The van der Waals surface area contributed by atoms with Crippen LogP contribution < -0.4 is 28.6 Å². The van der Waals surface area contributed by atoms with Crippen molar-refractivity contribution in [1.82, 2.24) is 10.2 Å². The third-order valence-corrected chi connectivity index (χ3v) is 8.78. The molecule has 0 aliphatic rings. The van der Waals surface area contributed by atoms with Gasteiger partial charge >= 0.3 is 0 Å². The van der Waals surface area contributed by atoms with Crippen LogP contribution >= 0.6 is 15.9 Å². The number of carbonyl (C=O) groups is 2. The number of hydrogen-bond acceptors (Lipinski definition) is 8. The Kier molecular flexibility index (Phi) is 11.1. The first kappa shape index (κ1) is 32.5. The summed E-state index contributed by atoms with van der Waals surface area (Å²) in [6.45, 7) is 0.968. The number of ether oxygens (including phenoxy) is 4. The standard InChI is InChI=1S/C29H34BrN3O8S/c1-19(29(35)31-2)32(17-20-8-7-9-21(30)14-20)28(34)18-33(24-15-22(38-3)10-12-25(24)39-4)42(36,37)23-11-13-26(40-5)27(16-23)41-6/h7-16,19H,17-18H2,1-6H3,(H,31,35)/t19-/m0/s1. The van der Waals surface area contributed by atoms with E-state index in [2.05, 4.69) is 21.2 Å². The van der Waals surface area contributed by atoms with E-state index in [1.54, 1.807) is 19.1 Å². The Bertz CT molecular complexity index is 1530. The summed E-state index contributed by atoms with van der Waals surface area (Å²) in [7, 11) is 2.70. The largest absolute Gasteiger partial charge is 0.497 e. The molecule has 3 aromatic rings. The van der Waals surface area contributed by atoms with E-state index in [-0.39, 0.29) is 28.6 Å². The summed E-state index contributed by atoms with van der Waals surface area (Å²) in [5, 5.41) is 2.56. The highest BCUT2D eigenvalue weighted by Crippen LogP contribution is 2.37. The van der Waals surface area contributed by atoms with E-state index in [1.165, 1.54) is 64.7 Å². The number of carbonyl (C=O) groups excluding carboxylic acids is 2. The summed E-state index contributed by atoms with van der Waals surface area (Å²) in [5.74, 6) is 0.0113. The van der Waals surface area contributed by atoms with E-state index >= 15 is 0 Å². The van der Waals surface area contributed by atoms with Gasteiger partial charge in [-0.3, -0.25) is 13.9 Å². The molecule has 0 saturated carbocycles. The molecule has 13 heteroatoms. The Hall–Kier alpha value is -3.97. The lowest BCUT2D eigenvalue weighted by atomic mass is 10.1. The maximum absolute atomic E-state index is 14.3. The summed E-state index contributed by atoms with van der Waals surface area (Å²) in [6.07, 6.45) is 0. The highest BCUT2D eigenvalue weighted by Gasteiger charge is 2.34. The number of hydrogen-bond donors (Lipinski definition) is 1. The molecule has 2 amide bonds. The van der Waals surface area contributed by atoms with Gasteiger partial charge in [0.25, 0.3) is 10.0 Å². The highest BCUT2D eigenvalue weighted by atomic mass is 79.9. The molecule has 0 aliphatic heterocycles. The van der Waals surface area contributed by atoms with E-state index < -0.39 is 34.4 Å². The van der Waals surface area contributed by atoms with Gasteiger partial charge in [-0.2, -0.15) is 0 Å². The third-order valence-electron chi connectivity index (χ3n) is 6.53. The summed E-state index contributed by atoms with van der Waals surface area (Å²) in [6, 6.07) is 15.1. The summed E-state index contributed by atoms with van der Waals surface area (Å²) in [4.78, 5) is 27.9. The number of anilines is 1. The van der Waals surface area contributed by atoms with Crippen molar-refractivity contribution in [2.75, 3.05) is 46.3 Å². The van der Waals surface area contributed by atoms with Crippen molar-refractivity contribution in [2.45, 2.75) is 24.4 Å². The SMILES string of the molecule is CNC(=O)[C@H](C)N(Cc1cccc(Br)c1)C(=O)CN(c1cc(OC)ccc1OC)S(=O)(=O)c1ccc(OC)c(OC)c1. The topological polar surface area (TPSA) is 124 Å². The maximum atomic E-state index is 14.3. The number of methoxy groups -OCH3 is 4. The average molecular weight is 665 g/mol. The van der Waals surface area contributed by atoms with Crippen molar-refractivity contribution in [2.24, 2.45) is 0 Å². The van der Waals surface area contributed by atoms with Crippen LogP contribution in [0.25, 0.3) is 0 Å². The lowest BCUT2D eigenvalue weighted by Gasteiger charge is -2.32. The molecule has 0 bridgehead atoms. The van der Waals surface area contributed by atoms with Crippen LogP contribution in [0.4, 0.5) is 5.69 Å². The number of benzene rings is 3. The first-order valence-electron chi connectivity index (χ1n) is 12.7. The number of likely N-dealkylation sites (N-methyl/N-ethyl adjacent to an activating group) is 1. The molecule has 0 unspecified atom stereocenters. The molecule has 226 valence electrons. The van der Waals surface area contributed by atoms with Gasteiger partial charge in [0.05, 0.1) is 39.0 Å². The Labute approximate surface area is 254 Å². The van der Waals surface area contributed by atoms with E-state index in [0.717, 1.165) is 14.3 Å². The van der Waals surface area contributed by atoms with Crippen LogP contribution in [0, 0.1) is 0 Å². The van der Waals surface area contributed by atoms with Gasteiger partial charge in [-0.15, -0.1) is 0 Å². The first-order chi connectivity index (χ1) is 20.0. The minimum atomic E-state index is -4.42. The van der Waals surface area contributed by atoms with Gasteiger partial charge < -0.3 is 29.2 Å². The Morgan fingerprint density at radius 2 is 1.55 bits per heavy atom. The minimum absolute atomic E-state index is 0.0480. The predicted octanol–water partition coefficient (Wildman–Crippen LogP) is 3.84. The fourth-order valence-corrected chi connectivity index (χ4v) is 6.11. The molecular formula is C29H34BrN3O8S. The van der Waals surface area contributed by atoms with E-state index in [0.29, 0.717) is 11.5 Å². The molecule has 1 N–H and O–H groups in total. The van der Waals surface area contributed by atoms with Crippen LogP contribution in [0.3, 0.4) is 0 Å². The monoisotopic (exact) mass is 663 g/mol. The fraction of sp³-hybridized carbons (Fsp3) is 0.310. The van der Waals surface area contributed by atoms with Crippen molar-refractivity contribution in [3.63, 3.8) is 0 Å². The molecule has 0 radical (unpaired) electrons. The quantitative estimate of drug-likeness (QED) is 0.293. The van der Waals surface area contributed by atoms with E-state index in [9.17, 15) is 18.0 Å². The zero-order valence-corrected chi connectivity index (χ0v) is 26.6. The highest BCUT2D eigenvalue weighted by molar-refractivity contribution is 9.10. The fourth-order valence-electron chi connectivity index (χ4n) is 4.23. The number of halogens is 1. The smallest absolute Gasteiger partial charge is 0.265 e. The van der Waals surface area contributed by atoms with E-state index in [4.69, 9.17) is 18.9 Å². The third kappa shape index (κ3) is 7.26. The van der Waals surface area contributed by atoms with Gasteiger partial charge in [-0.05, 0) is 48.9 Å². The van der Waals surface area contributed by atoms with Crippen molar-refractivity contribution >= 4 is 43.5 Å². The van der Waals surface area contributed by atoms with Gasteiger partial charge in [-0.1, -0.05) is 28.1 Å². The van der Waals surface area contributed by atoms with Crippen molar-refractivity contribution in [1.29, 1.82) is 0 Å². The summed E-state index contributed by atoms with van der Waals surface area (Å²) >= 11 is 3.43. The number of rotatable bonds is 13. The number of nitrogens with zero attached hydrogens (tertiary/aromatic N) is 2. The molecule has 0 aliphatic carbocycles.